The summed E-state index contributed by atoms with van der Waals surface area (Å²) in [5.41, 5.74) is 0. The molecule has 0 aromatic rings. The summed E-state index contributed by atoms with van der Waals surface area (Å²) in [6, 6.07) is 0. The van der Waals surface area contributed by atoms with E-state index in [0.29, 0.717) is 32.7 Å². The van der Waals surface area contributed by atoms with Gasteiger partial charge < -0.3 is 14.5 Å². The summed E-state index contributed by atoms with van der Waals surface area (Å²) in [7, 11) is 0. The molecule has 0 aromatic carbocycles. The number of amides is 2. The second kappa shape index (κ2) is 8.15. The molecule has 6 nitrogen and oxygen atoms in total. The van der Waals surface area contributed by atoms with E-state index in [4.69, 9.17) is 4.74 Å². The van der Waals surface area contributed by atoms with Gasteiger partial charge in [-0.25, -0.2) is 0 Å². The van der Waals surface area contributed by atoms with Crippen LogP contribution in [0.5, 0.6) is 0 Å². The first kappa shape index (κ1) is 16.8. The van der Waals surface area contributed by atoms with Gasteiger partial charge in [0.2, 0.25) is 11.8 Å². The summed E-state index contributed by atoms with van der Waals surface area (Å²) in [6.45, 7) is 4.05. The number of nitrogens with zero attached hydrogens (tertiary/aromatic N) is 2. The van der Waals surface area contributed by atoms with Gasteiger partial charge in [-0.15, -0.1) is 0 Å². The molecular weight excluding hydrogens is 284 g/mol. The summed E-state index contributed by atoms with van der Waals surface area (Å²) in [5, 5.41) is 0. The fourth-order valence-electron chi connectivity index (χ4n) is 3.13. The fourth-order valence-corrected chi connectivity index (χ4v) is 3.13. The first-order chi connectivity index (χ1) is 10.6. The van der Waals surface area contributed by atoms with Gasteiger partial charge in [0.25, 0.3) is 0 Å². The molecule has 2 heterocycles. The van der Waals surface area contributed by atoms with Crippen LogP contribution >= 0.6 is 0 Å². The van der Waals surface area contributed by atoms with Crippen LogP contribution in [0, 0.1) is 5.92 Å². The van der Waals surface area contributed by atoms with Gasteiger partial charge in [0, 0.05) is 26.1 Å². The molecule has 0 N–H and O–H groups in total. The molecule has 0 aliphatic carbocycles. The highest BCUT2D eigenvalue weighted by molar-refractivity contribution is 5.85. The zero-order valence-electron chi connectivity index (χ0n) is 13.4. The lowest BCUT2D eigenvalue weighted by Crippen LogP contribution is -2.47. The van der Waals surface area contributed by atoms with Gasteiger partial charge in [0.05, 0.1) is 19.1 Å². The molecule has 2 amide bonds. The van der Waals surface area contributed by atoms with Crippen molar-refractivity contribution in [3.63, 3.8) is 0 Å². The first-order valence-electron chi connectivity index (χ1n) is 8.34. The van der Waals surface area contributed by atoms with Crippen LogP contribution in [0.3, 0.4) is 0 Å². The lowest BCUT2D eigenvalue weighted by atomic mass is 9.98. The van der Waals surface area contributed by atoms with E-state index in [-0.39, 0.29) is 30.2 Å². The van der Waals surface area contributed by atoms with E-state index in [1.54, 1.807) is 16.7 Å². The van der Waals surface area contributed by atoms with Crippen LogP contribution in [0.15, 0.2) is 0 Å². The van der Waals surface area contributed by atoms with Crippen molar-refractivity contribution >= 4 is 17.8 Å². The molecule has 0 aromatic heterocycles. The van der Waals surface area contributed by atoms with Crippen LogP contribution in [0.1, 0.15) is 45.4 Å². The summed E-state index contributed by atoms with van der Waals surface area (Å²) >= 11 is 0. The van der Waals surface area contributed by atoms with Crippen LogP contribution in [-0.2, 0) is 19.1 Å². The minimum Gasteiger partial charge on any atom is -0.466 e. The number of carbonyl (C=O) groups excluding carboxylic acids is 3. The molecule has 0 saturated carbocycles. The zero-order chi connectivity index (χ0) is 15.9. The van der Waals surface area contributed by atoms with E-state index in [2.05, 4.69) is 0 Å². The highest BCUT2D eigenvalue weighted by Crippen LogP contribution is 2.19. The van der Waals surface area contributed by atoms with Crippen molar-refractivity contribution in [2.75, 3.05) is 32.8 Å². The number of ether oxygens (including phenoxy) is 1. The van der Waals surface area contributed by atoms with Gasteiger partial charge in [0.1, 0.15) is 0 Å². The largest absolute Gasteiger partial charge is 0.466 e. The molecule has 1 atom stereocenters. The highest BCUT2D eigenvalue weighted by atomic mass is 16.5. The molecule has 0 bridgehead atoms. The maximum absolute atomic E-state index is 12.4. The average Bonchev–Trinajstić information content (AvgIpc) is 2.72. The molecule has 2 fully saturated rings. The number of hydrogen-bond donors (Lipinski definition) is 0. The Balaban J connectivity index is 1.88. The summed E-state index contributed by atoms with van der Waals surface area (Å²) < 4.78 is 5.05. The third kappa shape index (κ3) is 4.45. The van der Waals surface area contributed by atoms with Gasteiger partial charge in [-0.2, -0.15) is 0 Å². The fraction of sp³-hybridized carbons (Fsp3) is 0.812. The van der Waals surface area contributed by atoms with Gasteiger partial charge in [-0.1, -0.05) is 6.42 Å². The number of esters is 1. The number of piperidine rings is 1. The normalized spacial score (nSPS) is 23.1. The van der Waals surface area contributed by atoms with Gasteiger partial charge in [-0.3, -0.25) is 14.4 Å². The predicted molar refractivity (Wildman–Crippen MR) is 81.0 cm³/mol. The molecule has 2 saturated heterocycles. The molecule has 6 heteroatoms. The number of rotatable bonds is 4. The Kier molecular flexibility index (Phi) is 6.21. The third-order valence-electron chi connectivity index (χ3n) is 4.39. The van der Waals surface area contributed by atoms with Crippen molar-refractivity contribution in [2.45, 2.75) is 45.4 Å². The average molecular weight is 310 g/mol. The van der Waals surface area contributed by atoms with Crippen molar-refractivity contribution < 1.29 is 19.1 Å². The van der Waals surface area contributed by atoms with Gasteiger partial charge in [-0.05, 0) is 32.6 Å². The molecule has 22 heavy (non-hydrogen) atoms. The van der Waals surface area contributed by atoms with E-state index in [1.807, 2.05) is 0 Å². The van der Waals surface area contributed by atoms with Crippen molar-refractivity contribution in [1.29, 1.82) is 0 Å². The standard InChI is InChI=1S/C16H26N2O4/c1-2-22-16(21)13-7-6-10-17(11-13)15(20)12-18-9-5-3-4-8-14(18)19/h13H,2-12H2,1H3. The van der Waals surface area contributed by atoms with Crippen LogP contribution in [0.4, 0.5) is 0 Å². The Labute approximate surface area is 131 Å². The van der Waals surface area contributed by atoms with Crippen LogP contribution < -0.4 is 0 Å². The molecule has 0 spiro atoms. The Morgan fingerprint density at radius 3 is 2.77 bits per heavy atom. The Bertz CT molecular complexity index is 424. The minimum atomic E-state index is -0.225. The third-order valence-corrected chi connectivity index (χ3v) is 4.39. The Morgan fingerprint density at radius 1 is 1.18 bits per heavy atom. The topological polar surface area (TPSA) is 66.9 Å². The highest BCUT2D eigenvalue weighted by Gasteiger charge is 2.30. The van der Waals surface area contributed by atoms with Crippen LogP contribution in [0.25, 0.3) is 0 Å². The van der Waals surface area contributed by atoms with E-state index >= 15 is 0 Å². The number of likely N-dealkylation sites (tertiary alicyclic amines) is 2. The number of carbonyl (C=O) groups is 3. The summed E-state index contributed by atoms with van der Waals surface area (Å²) in [5.74, 6) is -0.419. The Morgan fingerprint density at radius 2 is 2.00 bits per heavy atom. The molecule has 124 valence electrons. The molecule has 0 radical (unpaired) electrons. The molecule has 2 aliphatic rings. The molecule has 2 aliphatic heterocycles. The van der Waals surface area contributed by atoms with Crippen LogP contribution in [-0.4, -0.2) is 60.4 Å². The first-order valence-corrected chi connectivity index (χ1v) is 8.34. The summed E-state index contributed by atoms with van der Waals surface area (Å²) in [4.78, 5) is 39.6. The van der Waals surface area contributed by atoms with Crippen molar-refractivity contribution in [2.24, 2.45) is 5.92 Å². The van der Waals surface area contributed by atoms with Gasteiger partial charge in [0.15, 0.2) is 0 Å². The molecule has 1 unspecified atom stereocenters. The van der Waals surface area contributed by atoms with Crippen molar-refractivity contribution in [3.05, 3.63) is 0 Å². The predicted octanol–water partition coefficient (Wildman–Crippen LogP) is 1.19. The van der Waals surface area contributed by atoms with Gasteiger partial charge >= 0.3 is 5.97 Å². The van der Waals surface area contributed by atoms with Crippen molar-refractivity contribution in [3.8, 4) is 0 Å². The SMILES string of the molecule is CCOC(=O)C1CCCN(C(=O)CN2CCCCCC2=O)C1. The molecular formula is C16H26N2O4. The van der Waals surface area contributed by atoms with E-state index in [9.17, 15) is 14.4 Å². The van der Waals surface area contributed by atoms with Crippen molar-refractivity contribution in [1.82, 2.24) is 9.80 Å². The zero-order valence-corrected chi connectivity index (χ0v) is 13.4. The second-order valence-electron chi connectivity index (χ2n) is 6.06. The maximum Gasteiger partial charge on any atom is 0.310 e. The monoisotopic (exact) mass is 310 g/mol. The second-order valence-corrected chi connectivity index (χ2v) is 6.06. The smallest absolute Gasteiger partial charge is 0.310 e. The summed E-state index contributed by atoms with van der Waals surface area (Å²) in [6.07, 6.45) is 5.04. The van der Waals surface area contributed by atoms with E-state index < -0.39 is 0 Å². The quantitative estimate of drug-likeness (QED) is 0.732. The molecule has 2 rings (SSSR count). The lowest BCUT2D eigenvalue weighted by Gasteiger charge is -2.33. The lowest BCUT2D eigenvalue weighted by molar-refractivity contribution is -0.152. The van der Waals surface area contributed by atoms with Crippen LogP contribution in [0.2, 0.25) is 0 Å². The van der Waals surface area contributed by atoms with E-state index in [0.717, 1.165) is 32.1 Å². The maximum atomic E-state index is 12.4. The Hall–Kier alpha value is -1.59. The number of hydrogen-bond acceptors (Lipinski definition) is 4. The van der Waals surface area contributed by atoms with E-state index in [1.165, 1.54) is 0 Å². The minimum absolute atomic E-state index is 0.0516.